The van der Waals surface area contributed by atoms with E-state index in [0.29, 0.717) is 5.41 Å². The van der Waals surface area contributed by atoms with Gasteiger partial charge >= 0.3 is 0 Å². The van der Waals surface area contributed by atoms with Crippen molar-refractivity contribution in [2.75, 3.05) is 0 Å². The second-order valence-corrected chi connectivity index (χ2v) is 5.45. The first kappa shape index (κ1) is 9.96. The molecule has 0 amide bonds. The number of nitrogens with zero attached hydrogens (tertiary/aromatic N) is 1. The molecule has 0 unspecified atom stereocenters. The summed E-state index contributed by atoms with van der Waals surface area (Å²) in [7, 11) is 0. The van der Waals surface area contributed by atoms with E-state index in [-0.39, 0.29) is 0 Å². The van der Waals surface area contributed by atoms with Gasteiger partial charge in [-0.2, -0.15) is 0 Å². The normalized spacial score (nSPS) is 11.7. The lowest BCUT2D eigenvalue weighted by molar-refractivity contribution is 0.406. The van der Waals surface area contributed by atoms with E-state index in [1.165, 1.54) is 9.26 Å². The summed E-state index contributed by atoms with van der Waals surface area (Å²) in [5.41, 5.74) is 1.52. The van der Waals surface area contributed by atoms with Gasteiger partial charge in [0.05, 0.1) is 0 Å². The molecule has 0 N–H and O–H groups in total. The maximum Gasteiger partial charge on any atom is 0.0409 e. The fraction of sp³-hybridized carbons (Fsp3) is 0.500. The van der Waals surface area contributed by atoms with E-state index in [0.717, 1.165) is 6.42 Å². The predicted molar refractivity (Wildman–Crippen MR) is 60.1 cm³/mol. The van der Waals surface area contributed by atoms with Crippen molar-refractivity contribution in [1.82, 2.24) is 4.98 Å². The van der Waals surface area contributed by atoms with Crippen molar-refractivity contribution in [1.29, 1.82) is 0 Å². The molecule has 0 radical (unpaired) electrons. The lowest BCUT2D eigenvalue weighted by Gasteiger charge is -2.16. The number of hydrogen-bond acceptors (Lipinski definition) is 1. The molecule has 1 heterocycles. The van der Waals surface area contributed by atoms with Crippen molar-refractivity contribution in [2.45, 2.75) is 27.2 Å². The average Bonchev–Trinajstić information content (AvgIpc) is 1.91. The molecule has 1 nitrogen and oxygen atoms in total. The van der Waals surface area contributed by atoms with Gasteiger partial charge in [-0.05, 0) is 46.6 Å². The third-order valence-electron chi connectivity index (χ3n) is 1.50. The zero-order valence-corrected chi connectivity index (χ0v) is 9.92. The SMILES string of the molecule is CC(C)(C)Cc1ccc(I)cn1. The van der Waals surface area contributed by atoms with E-state index in [2.05, 4.69) is 60.5 Å². The van der Waals surface area contributed by atoms with Crippen LogP contribution in [0.5, 0.6) is 0 Å². The van der Waals surface area contributed by atoms with E-state index in [9.17, 15) is 0 Å². The van der Waals surface area contributed by atoms with E-state index in [4.69, 9.17) is 0 Å². The Hall–Kier alpha value is -0.120. The van der Waals surface area contributed by atoms with E-state index in [1.54, 1.807) is 0 Å². The van der Waals surface area contributed by atoms with Gasteiger partial charge in [0, 0.05) is 15.5 Å². The van der Waals surface area contributed by atoms with E-state index in [1.807, 2.05) is 6.20 Å². The predicted octanol–water partition coefficient (Wildman–Crippen LogP) is 3.27. The quantitative estimate of drug-likeness (QED) is 0.717. The number of hydrogen-bond donors (Lipinski definition) is 0. The molecule has 0 aliphatic rings. The van der Waals surface area contributed by atoms with E-state index < -0.39 is 0 Å². The van der Waals surface area contributed by atoms with Crippen molar-refractivity contribution in [3.63, 3.8) is 0 Å². The van der Waals surface area contributed by atoms with Gasteiger partial charge in [-0.1, -0.05) is 20.8 Å². The summed E-state index contributed by atoms with van der Waals surface area (Å²) >= 11 is 2.27. The van der Waals surface area contributed by atoms with Crippen LogP contribution in [0.15, 0.2) is 18.3 Å². The summed E-state index contributed by atoms with van der Waals surface area (Å²) in [6.07, 6.45) is 2.96. The summed E-state index contributed by atoms with van der Waals surface area (Å²) in [6.45, 7) is 6.69. The molecule has 1 rings (SSSR count). The lowest BCUT2D eigenvalue weighted by atomic mass is 9.90. The van der Waals surface area contributed by atoms with Crippen molar-refractivity contribution >= 4 is 22.6 Å². The third-order valence-corrected chi connectivity index (χ3v) is 2.14. The molecule has 1 aromatic rings. The van der Waals surface area contributed by atoms with Gasteiger partial charge in [-0.3, -0.25) is 4.98 Å². The van der Waals surface area contributed by atoms with Crippen LogP contribution in [-0.4, -0.2) is 4.98 Å². The smallest absolute Gasteiger partial charge is 0.0409 e. The van der Waals surface area contributed by atoms with Crippen LogP contribution in [0.3, 0.4) is 0 Å². The first-order valence-electron chi connectivity index (χ1n) is 4.08. The highest BCUT2D eigenvalue weighted by Gasteiger charge is 2.11. The van der Waals surface area contributed by atoms with Gasteiger partial charge in [0.25, 0.3) is 0 Å². The number of pyridine rings is 1. The molecule has 0 saturated heterocycles. The van der Waals surface area contributed by atoms with Crippen LogP contribution in [0, 0.1) is 8.99 Å². The molecule has 0 aromatic carbocycles. The lowest BCUT2D eigenvalue weighted by Crippen LogP contribution is -2.10. The minimum Gasteiger partial charge on any atom is -0.260 e. The maximum atomic E-state index is 4.36. The minimum absolute atomic E-state index is 0.333. The number of aromatic nitrogens is 1. The van der Waals surface area contributed by atoms with Crippen molar-refractivity contribution in [2.24, 2.45) is 5.41 Å². The Kier molecular flexibility index (Phi) is 3.09. The van der Waals surface area contributed by atoms with Gasteiger partial charge in [0.2, 0.25) is 0 Å². The largest absolute Gasteiger partial charge is 0.260 e. The molecule has 0 bridgehead atoms. The highest BCUT2D eigenvalue weighted by atomic mass is 127. The van der Waals surface area contributed by atoms with Crippen molar-refractivity contribution in [3.8, 4) is 0 Å². The van der Waals surface area contributed by atoms with Crippen LogP contribution in [0.4, 0.5) is 0 Å². The fourth-order valence-corrected chi connectivity index (χ4v) is 1.37. The summed E-state index contributed by atoms with van der Waals surface area (Å²) in [5, 5.41) is 0. The molecule has 0 saturated carbocycles. The Labute approximate surface area is 87.7 Å². The first-order chi connectivity index (χ1) is 5.47. The highest BCUT2D eigenvalue weighted by molar-refractivity contribution is 14.1. The standard InChI is InChI=1S/C10H14IN/c1-10(2,3)6-9-5-4-8(11)7-12-9/h4-5,7H,6H2,1-3H3. The molecular weight excluding hydrogens is 261 g/mol. The Bertz CT molecular complexity index is 246. The van der Waals surface area contributed by atoms with Crippen LogP contribution in [0.2, 0.25) is 0 Å². The van der Waals surface area contributed by atoms with E-state index >= 15 is 0 Å². The van der Waals surface area contributed by atoms with Gasteiger partial charge in [0.1, 0.15) is 0 Å². The Morgan fingerprint density at radius 1 is 1.33 bits per heavy atom. The molecule has 0 aliphatic carbocycles. The molecule has 0 aliphatic heterocycles. The Morgan fingerprint density at radius 2 is 2.00 bits per heavy atom. The average molecular weight is 275 g/mol. The Balaban J connectivity index is 2.71. The molecule has 12 heavy (non-hydrogen) atoms. The second-order valence-electron chi connectivity index (χ2n) is 4.21. The minimum atomic E-state index is 0.333. The fourth-order valence-electron chi connectivity index (χ4n) is 1.05. The monoisotopic (exact) mass is 275 g/mol. The van der Waals surface area contributed by atoms with Crippen LogP contribution < -0.4 is 0 Å². The molecule has 66 valence electrons. The second kappa shape index (κ2) is 3.73. The van der Waals surface area contributed by atoms with Crippen LogP contribution in [-0.2, 0) is 6.42 Å². The molecule has 0 spiro atoms. The molecule has 0 fully saturated rings. The van der Waals surface area contributed by atoms with Gasteiger partial charge in [-0.25, -0.2) is 0 Å². The summed E-state index contributed by atoms with van der Waals surface area (Å²) in [5.74, 6) is 0. The Morgan fingerprint density at radius 3 is 2.42 bits per heavy atom. The van der Waals surface area contributed by atoms with Gasteiger partial charge < -0.3 is 0 Å². The van der Waals surface area contributed by atoms with Crippen LogP contribution in [0.1, 0.15) is 26.5 Å². The zero-order valence-electron chi connectivity index (χ0n) is 7.76. The van der Waals surface area contributed by atoms with Gasteiger partial charge in [0.15, 0.2) is 0 Å². The highest BCUT2D eigenvalue weighted by Crippen LogP contribution is 2.19. The zero-order chi connectivity index (χ0) is 9.19. The summed E-state index contributed by atoms with van der Waals surface area (Å²) in [6, 6.07) is 4.21. The number of rotatable bonds is 1. The first-order valence-corrected chi connectivity index (χ1v) is 5.16. The van der Waals surface area contributed by atoms with Gasteiger partial charge in [-0.15, -0.1) is 0 Å². The summed E-state index contributed by atoms with van der Waals surface area (Å²) in [4.78, 5) is 4.36. The number of halogens is 1. The molecular formula is C10H14IN. The third kappa shape index (κ3) is 3.52. The maximum absolute atomic E-state index is 4.36. The summed E-state index contributed by atoms with van der Waals surface area (Å²) < 4.78 is 1.20. The topological polar surface area (TPSA) is 12.9 Å². The molecule has 2 heteroatoms. The molecule has 1 aromatic heterocycles. The van der Waals surface area contributed by atoms with Crippen LogP contribution >= 0.6 is 22.6 Å². The van der Waals surface area contributed by atoms with Crippen molar-refractivity contribution in [3.05, 3.63) is 27.6 Å². The molecule has 0 atom stereocenters. The van der Waals surface area contributed by atoms with Crippen molar-refractivity contribution < 1.29 is 0 Å². The van der Waals surface area contributed by atoms with Crippen LogP contribution in [0.25, 0.3) is 0 Å².